The Labute approximate surface area is 162 Å². The van der Waals surface area contributed by atoms with Crippen molar-refractivity contribution in [3.8, 4) is 5.75 Å². The standard InChI is InChI=1S/C23H30NO3/c1-2-3-4-5-6-10-17-26-22-15-13-20(14-16-22)19-27-24-23(18-25)21-11-8-7-9-12-21/h7-9,11-16,23-24H,2-6,10,17,19H2,1H3. The first-order valence-corrected chi connectivity index (χ1v) is 9.85. The minimum Gasteiger partial charge on any atom is -0.494 e. The number of rotatable bonds is 14. The Kier molecular flexibility index (Phi) is 10.2. The quantitative estimate of drug-likeness (QED) is 0.363. The Morgan fingerprint density at radius 1 is 0.926 bits per heavy atom. The summed E-state index contributed by atoms with van der Waals surface area (Å²) in [6.07, 6.45) is 9.51. The molecule has 0 saturated heterocycles. The third-order valence-corrected chi connectivity index (χ3v) is 4.38. The maximum Gasteiger partial charge on any atom is 0.224 e. The van der Waals surface area contributed by atoms with Crippen LogP contribution in [0.15, 0.2) is 54.6 Å². The molecule has 0 saturated carbocycles. The first kappa shape index (κ1) is 21.1. The fourth-order valence-corrected chi connectivity index (χ4v) is 2.77. The van der Waals surface area contributed by atoms with E-state index in [1.807, 2.05) is 60.9 Å². The van der Waals surface area contributed by atoms with E-state index in [-0.39, 0.29) is 0 Å². The Balaban J connectivity index is 1.64. The van der Waals surface area contributed by atoms with Gasteiger partial charge in [-0.1, -0.05) is 81.5 Å². The first-order chi connectivity index (χ1) is 13.3. The molecule has 4 heteroatoms. The van der Waals surface area contributed by atoms with Crippen LogP contribution in [0.5, 0.6) is 5.75 Å². The van der Waals surface area contributed by atoms with E-state index in [1.54, 1.807) is 0 Å². The lowest BCUT2D eigenvalue weighted by molar-refractivity contribution is 0.0165. The monoisotopic (exact) mass is 368 g/mol. The fourth-order valence-electron chi connectivity index (χ4n) is 2.77. The van der Waals surface area contributed by atoms with Crippen molar-refractivity contribution >= 4 is 6.29 Å². The van der Waals surface area contributed by atoms with Crippen molar-refractivity contribution in [2.24, 2.45) is 0 Å². The minimum absolute atomic E-state index is 0.364. The van der Waals surface area contributed by atoms with Crippen LogP contribution >= 0.6 is 0 Å². The second-order valence-corrected chi connectivity index (χ2v) is 6.63. The molecule has 0 aliphatic carbocycles. The summed E-state index contributed by atoms with van der Waals surface area (Å²) in [7, 11) is 0. The zero-order valence-electron chi connectivity index (χ0n) is 16.2. The van der Waals surface area contributed by atoms with Gasteiger partial charge in [-0.3, -0.25) is 9.63 Å². The van der Waals surface area contributed by atoms with Gasteiger partial charge in [-0.25, -0.2) is 0 Å². The van der Waals surface area contributed by atoms with Crippen LogP contribution in [0.2, 0.25) is 0 Å². The van der Waals surface area contributed by atoms with Crippen molar-refractivity contribution < 1.29 is 14.4 Å². The average Bonchev–Trinajstić information content (AvgIpc) is 2.72. The van der Waals surface area contributed by atoms with E-state index in [0.717, 1.165) is 29.9 Å². The number of benzene rings is 2. The molecule has 4 nitrogen and oxygen atoms in total. The van der Waals surface area contributed by atoms with E-state index >= 15 is 0 Å². The highest BCUT2D eigenvalue weighted by atomic mass is 16.6. The molecule has 0 aliphatic rings. The summed E-state index contributed by atoms with van der Waals surface area (Å²) in [6, 6.07) is 16.7. The second kappa shape index (κ2) is 13.1. The highest BCUT2D eigenvalue weighted by Gasteiger charge is 2.10. The van der Waals surface area contributed by atoms with E-state index in [1.165, 1.54) is 32.1 Å². The van der Waals surface area contributed by atoms with Crippen LogP contribution in [0.1, 0.15) is 62.6 Å². The van der Waals surface area contributed by atoms with E-state index < -0.39 is 6.04 Å². The number of ether oxygens (including phenoxy) is 1. The number of hydrogen-bond donors (Lipinski definition) is 1. The Morgan fingerprint density at radius 3 is 2.33 bits per heavy atom. The molecular formula is C23H30NO3. The lowest BCUT2D eigenvalue weighted by Gasteiger charge is -2.12. The third kappa shape index (κ3) is 8.37. The van der Waals surface area contributed by atoms with E-state index in [0.29, 0.717) is 6.61 Å². The zero-order chi connectivity index (χ0) is 19.2. The van der Waals surface area contributed by atoms with Crippen molar-refractivity contribution in [1.82, 2.24) is 5.48 Å². The van der Waals surface area contributed by atoms with E-state index in [2.05, 4.69) is 12.4 Å². The minimum atomic E-state index is -0.592. The van der Waals surface area contributed by atoms with Gasteiger partial charge >= 0.3 is 0 Å². The SMILES string of the molecule is CCCCCCCCOc1ccc(CONC([C]=O)c2ccccc2)cc1. The second-order valence-electron chi connectivity index (χ2n) is 6.63. The molecule has 1 unspecified atom stereocenters. The Morgan fingerprint density at radius 2 is 1.63 bits per heavy atom. The van der Waals surface area contributed by atoms with Gasteiger partial charge in [0.2, 0.25) is 6.29 Å². The van der Waals surface area contributed by atoms with Crippen LogP contribution in [0, 0.1) is 0 Å². The van der Waals surface area contributed by atoms with E-state index in [9.17, 15) is 4.79 Å². The maximum atomic E-state index is 11.1. The normalized spacial score (nSPS) is 11.9. The van der Waals surface area contributed by atoms with Crippen molar-refractivity contribution in [1.29, 1.82) is 0 Å². The molecule has 0 amide bonds. The Bertz CT molecular complexity index is 628. The molecule has 2 aromatic rings. The summed E-state index contributed by atoms with van der Waals surface area (Å²) in [5.74, 6) is 0.878. The smallest absolute Gasteiger partial charge is 0.224 e. The molecule has 0 aliphatic heterocycles. The number of hydrogen-bond acceptors (Lipinski definition) is 4. The van der Waals surface area contributed by atoms with Gasteiger partial charge in [0.15, 0.2) is 0 Å². The van der Waals surface area contributed by atoms with Crippen LogP contribution in [-0.2, 0) is 16.2 Å². The molecule has 1 atom stereocenters. The van der Waals surface area contributed by atoms with E-state index in [4.69, 9.17) is 9.57 Å². The molecular weight excluding hydrogens is 338 g/mol. The molecule has 2 rings (SSSR count). The summed E-state index contributed by atoms with van der Waals surface area (Å²) in [4.78, 5) is 16.6. The molecule has 0 bridgehead atoms. The maximum absolute atomic E-state index is 11.1. The molecule has 0 heterocycles. The number of unbranched alkanes of at least 4 members (excludes halogenated alkanes) is 5. The molecule has 0 aromatic heterocycles. The van der Waals surface area contributed by atoms with Gasteiger partial charge < -0.3 is 4.74 Å². The molecule has 0 fully saturated rings. The van der Waals surface area contributed by atoms with Crippen LogP contribution in [0.4, 0.5) is 0 Å². The summed E-state index contributed by atoms with van der Waals surface area (Å²) >= 11 is 0. The summed E-state index contributed by atoms with van der Waals surface area (Å²) < 4.78 is 5.78. The predicted molar refractivity (Wildman–Crippen MR) is 108 cm³/mol. The predicted octanol–water partition coefficient (Wildman–Crippen LogP) is 5.30. The molecule has 27 heavy (non-hydrogen) atoms. The van der Waals surface area contributed by atoms with Crippen LogP contribution in [0.3, 0.4) is 0 Å². The van der Waals surface area contributed by atoms with Gasteiger partial charge in [0, 0.05) is 0 Å². The topological polar surface area (TPSA) is 47.6 Å². The first-order valence-electron chi connectivity index (χ1n) is 9.85. The van der Waals surface area contributed by atoms with Gasteiger partial charge in [-0.15, -0.1) is 0 Å². The fraction of sp³-hybridized carbons (Fsp3) is 0.435. The Hall–Kier alpha value is -2.17. The van der Waals surface area contributed by atoms with Gasteiger partial charge in [-0.05, 0) is 29.7 Å². The van der Waals surface area contributed by atoms with Crippen molar-refractivity contribution in [2.45, 2.75) is 58.1 Å². The lowest BCUT2D eigenvalue weighted by Crippen LogP contribution is -2.22. The van der Waals surface area contributed by atoms with Crippen molar-refractivity contribution in [3.05, 3.63) is 65.7 Å². The van der Waals surface area contributed by atoms with Gasteiger partial charge in [0.1, 0.15) is 11.8 Å². The molecule has 0 spiro atoms. The highest BCUT2D eigenvalue weighted by Crippen LogP contribution is 2.15. The molecule has 1 N–H and O–H groups in total. The number of carbonyl (C=O) groups excluding carboxylic acids is 1. The molecule has 1 radical (unpaired) electrons. The lowest BCUT2D eigenvalue weighted by atomic mass is 10.1. The van der Waals surface area contributed by atoms with Crippen LogP contribution in [-0.4, -0.2) is 12.9 Å². The summed E-state index contributed by atoms with van der Waals surface area (Å²) in [5, 5.41) is 0. The highest BCUT2D eigenvalue weighted by molar-refractivity contribution is 5.61. The molecule has 145 valence electrons. The number of nitrogens with one attached hydrogen (secondary N) is 1. The zero-order valence-corrected chi connectivity index (χ0v) is 16.2. The van der Waals surface area contributed by atoms with Crippen LogP contribution < -0.4 is 10.2 Å². The van der Waals surface area contributed by atoms with Gasteiger partial charge in [0.25, 0.3) is 0 Å². The van der Waals surface area contributed by atoms with Crippen molar-refractivity contribution in [3.63, 3.8) is 0 Å². The third-order valence-electron chi connectivity index (χ3n) is 4.38. The average molecular weight is 368 g/mol. The summed E-state index contributed by atoms with van der Waals surface area (Å²) in [6.45, 7) is 3.36. The van der Waals surface area contributed by atoms with Gasteiger partial charge in [-0.2, -0.15) is 5.48 Å². The molecule has 2 aromatic carbocycles. The number of hydroxylamine groups is 1. The summed E-state index contributed by atoms with van der Waals surface area (Å²) in [5.41, 5.74) is 4.59. The van der Waals surface area contributed by atoms with Crippen molar-refractivity contribution in [2.75, 3.05) is 6.61 Å². The van der Waals surface area contributed by atoms with Gasteiger partial charge in [0.05, 0.1) is 13.2 Å². The largest absolute Gasteiger partial charge is 0.494 e. The van der Waals surface area contributed by atoms with Crippen LogP contribution in [0.25, 0.3) is 0 Å².